The molecule has 92 valence electrons. The summed E-state index contributed by atoms with van der Waals surface area (Å²) in [5.41, 5.74) is 10.3. The Balaban J connectivity index is 1.79. The zero-order chi connectivity index (χ0) is 12.5. The lowest BCUT2D eigenvalue weighted by molar-refractivity contribution is 0.274. The standard InChI is InChI=1S/C14H16N4/c1-10-12-8-18(7-11-5-3-2-4-6-11)9-13(12)17-14(15)16-10/h2-6H,7-9H2,1H3,(H2,15,16,17). The molecule has 0 atom stereocenters. The van der Waals surface area contributed by atoms with E-state index in [2.05, 4.69) is 39.1 Å². The van der Waals surface area contributed by atoms with Crippen molar-refractivity contribution in [2.75, 3.05) is 5.73 Å². The van der Waals surface area contributed by atoms with E-state index in [-0.39, 0.29) is 0 Å². The lowest BCUT2D eigenvalue weighted by Crippen LogP contribution is -2.15. The van der Waals surface area contributed by atoms with Gasteiger partial charge in [-0.1, -0.05) is 30.3 Å². The Morgan fingerprint density at radius 2 is 1.94 bits per heavy atom. The van der Waals surface area contributed by atoms with E-state index < -0.39 is 0 Å². The quantitative estimate of drug-likeness (QED) is 0.870. The number of rotatable bonds is 2. The lowest BCUT2D eigenvalue weighted by Gasteiger charge is -2.14. The minimum absolute atomic E-state index is 0.382. The average Bonchev–Trinajstić information content (AvgIpc) is 2.73. The molecule has 0 spiro atoms. The first-order valence-corrected chi connectivity index (χ1v) is 6.10. The van der Waals surface area contributed by atoms with Gasteiger partial charge in [0.2, 0.25) is 5.95 Å². The molecule has 0 fully saturated rings. The Morgan fingerprint density at radius 3 is 2.72 bits per heavy atom. The van der Waals surface area contributed by atoms with Crippen LogP contribution in [0.2, 0.25) is 0 Å². The maximum absolute atomic E-state index is 5.69. The van der Waals surface area contributed by atoms with Gasteiger partial charge in [0.1, 0.15) is 0 Å². The summed E-state index contributed by atoms with van der Waals surface area (Å²) in [5.74, 6) is 0.382. The molecule has 0 saturated carbocycles. The summed E-state index contributed by atoms with van der Waals surface area (Å²) >= 11 is 0. The van der Waals surface area contributed by atoms with Gasteiger partial charge in [-0.2, -0.15) is 0 Å². The predicted molar refractivity (Wildman–Crippen MR) is 70.6 cm³/mol. The number of aromatic nitrogens is 2. The second-order valence-electron chi connectivity index (χ2n) is 4.72. The van der Waals surface area contributed by atoms with Gasteiger partial charge >= 0.3 is 0 Å². The second kappa shape index (κ2) is 4.38. The van der Waals surface area contributed by atoms with Crippen molar-refractivity contribution < 1.29 is 0 Å². The second-order valence-corrected chi connectivity index (χ2v) is 4.72. The van der Waals surface area contributed by atoms with Gasteiger partial charge < -0.3 is 5.73 Å². The maximum Gasteiger partial charge on any atom is 0.220 e. The fourth-order valence-corrected chi connectivity index (χ4v) is 2.46. The third-order valence-electron chi connectivity index (χ3n) is 3.32. The monoisotopic (exact) mass is 240 g/mol. The van der Waals surface area contributed by atoms with E-state index in [0.717, 1.165) is 31.0 Å². The fraction of sp³-hybridized carbons (Fsp3) is 0.286. The highest BCUT2D eigenvalue weighted by molar-refractivity contribution is 5.34. The number of aryl methyl sites for hydroxylation is 1. The summed E-state index contributed by atoms with van der Waals surface area (Å²) < 4.78 is 0. The molecule has 0 radical (unpaired) electrons. The molecule has 18 heavy (non-hydrogen) atoms. The Morgan fingerprint density at radius 1 is 1.17 bits per heavy atom. The van der Waals surface area contributed by atoms with Gasteiger partial charge in [0.25, 0.3) is 0 Å². The van der Waals surface area contributed by atoms with E-state index in [1.54, 1.807) is 0 Å². The van der Waals surface area contributed by atoms with Gasteiger partial charge in [-0.25, -0.2) is 9.97 Å². The number of nitrogens with zero attached hydrogens (tertiary/aromatic N) is 3. The molecule has 0 bridgehead atoms. The van der Waals surface area contributed by atoms with E-state index >= 15 is 0 Å². The van der Waals surface area contributed by atoms with Crippen LogP contribution in [-0.2, 0) is 19.6 Å². The molecule has 1 aliphatic rings. The van der Waals surface area contributed by atoms with Crippen LogP contribution in [0.1, 0.15) is 22.5 Å². The van der Waals surface area contributed by atoms with Crippen molar-refractivity contribution in [2.24, 2.45) is 0 Å². The Kier molecular flexibility index (Phi) is 2.72. The van der Waals surface area contributed by atoms with E-state index in [4.69, 9.17) is 5.73 Å². The van der Waals surface area contributed by atoms with E-state index in [0.29, 0.717) is 5.95 Å². The van der Waals surface area contributed by atoms with Gasteiger partial charge in [-0.05, 0) is 12.5 Å². The minimum atomic E-state index is 0.382. The molecule has 0 saturated heterocycles. The molecule has 2 aromatic rings. The van der Waals surface area contributed by atoms with Crippen LogP contribution in [0.25, 0.3) is 0 Å². The van der Waals surface area contributed by atoms with Crippen LogP contribution < -0.4 is 5.73 Å². The number of nitrogen functional groups attached to an aromatic ring is 1. The van der Waals surface area contributed by atoms with Crippen molar-refractivity contribution in [1.29, 1.82) is 0 Å². The SMILES string of the molecule is Cc1nc(N)nc2c1CN(Cc1ccccc1)C2. The molecule has 1 aromatic carbocycles. The summed E-state index contributed by atoms with van der Waals surface area (Å²) in [4.78, 5) is 10.9. The molecule has 2 N–H and O–H groups in total. The number of anilines is 1. The summed E-state index contributed by atoms with van der Waals surface area (Å²) in [6.07, 6.45) is 0. The normalized spacial score (nSPS) is 14.7. The van der Waals surface area contributed by atoms with E-state index in [1.165, 1.54) is 11.1 Å². The molecule has 2 heterocycles. The molecular formula is C14H16N4. The average molecular weight is 240 g/mol. The smallest absolute Gasteiger partial charge is 0.220 e. The largest absolute Gasteiger partial charge is 0.368 e. The van der Waals surface area contributed by atoms with Crippen LogP contribution in [-0.4, -0.2) is 14.9 Å². The Bertz CT molecular complexity index is 566. The summed E-state index contributed by atoms with van der Waals surface area (Å²) in [7, 11) is 0. The molecule has 0 amide bonds. The Hall–Kier alpha value is -1.94. The molecule has 1 aliphatic heterocycles. The molecule has 0 unspecified atom stereocenters. The van der Waals surface area contributed by atoms with Crippen LogP contribution in [0.4, 0.5) is 5.95 Å². The zero-order valence-electron chi connectivity index (χ0n) is 10.4. The highest BCUT2D eigenvalue weighted by Gasteiger charge is 2.23. The van der Waals surface area contributed by atoms with E-state index in [9.17, 15) is 0 Å². The topological polar surface area (TPSA) is 55.0 Å². The fourth-order valence-electron chi connectivity index (χ4n) is 2.46. The summed E-state index contributed by atoms with van der Waals surface area (Å²) in [5, 5.41) is 0. The highest BCUT2D eigenvalue weighted by atomic mass is 15.2. The number of hydrogen-bond acceptors (Lipinski definition) is 4. The molecule has 4 heteroatoms. The number of hydrogen-bond donors (Lipinski definition) is 1. The van der Waals surface area contributed by atoms with Crippen molar-refractivity contribution >= 4 is 5.95 Å². The molecule has 0 aliphatic carbocycles. The van der Waals surface area contributed by atoms with Crippen molar-refractivity contribution in [3.63, 3.8) is 0 Å². The first kappa shape index (κ1) is 11.2. The van der Waals surface area contributed by atoms with Gasteiger partial charge in [0, 0.05) is 30.9 Å². The number of benzene rings is 1. The van der Waals surface area contributed by atoms with Gasteiger partial charge in [0.05, 0.1) is 5.69 Å². The van der Waals surface area contributed by atoms with Crippen molar-refractivity contribution in [1.82, 2.24) is 14.9 Å². The Labute approximate surface area is 106 Å². The molecule has 4 nitrogen and oxygen atoms in total. The van der Waals surface area contributed by atoms with Crippen molar-refractivity contribution in [2.45, 2.75) is 26.6 Å². The maximum atomic E-state index is 5.69. The van der Waals surface area contributed by atoms with Crippen LogP contribution in [0.15, 0.2) is 30.3 Å². The lowest BCUT2D eigenvalue weighted by atomic mass is 10.2. The predicted octanol–water partition coefficient (Wildman–Crippen LogP) is 1.88. The van der Waals surface area contributed by atoms with Crippen LogP contribution in [0.3, 0.4) is 0 Å². The van der Waals surface area contributed by atoms with Gasteiger partial charge in [-0.15, -0.1) is 0 Å². The first-order chi connectivity index (χ1) is 8.72. The van der Waals surface area contributed by atoms with E-state index in [1.807, 2.05) is 13.0 Å². The van der Waals surface area contributed by atoms with Crippen molar-refractivity contribution in [3.8, 4) is 0 Å². The highest BCUT2D eigenvalue weighted by Crippen LogP contribution is 2.25. The first-order valence-electron chi connectivity index (χ1n) is 6.10. The minimum Gasteiger partial charge on any atom is -0.368 e. The molecule has 1 aromatic heterocycles. The summed E-state index contributed by atoms with van der Waals surface area (Å²) in [6.45, 7) is 4.72. The van der Waals surface area contributed by atoms with Crippen LogP contribution in [0.5, 0.6) is 0 Å². The third-order valence-corrected chi connectivity index (χ3v) is 3.32. The third kappa shape index (κ3) is 2.07. The zero-order valence-corrected chi connectivity index (χ0v) is 10.4. The van der Waals surface area contributed by atoms with Crippen molar-refractivity contribution in [3.05, 3.63) is 52.8 Å². The van der Waals surface area contributed by atoms with Gasteiger partial charge in [0.15, 0.2) is 0 Å². The van der Waals surface area contributed by atoms with Crippen LogP contribution in [0, 0.1) is 6.92 Å². The number of fused-ring (bicyclic) bond motifs is 1. The molecule has 3 rings (SSSR count). The van der Waals surface area contributed by atoms with Crippen LogP contribution >= 0.6 is 0 Å². The number of nitrogens with two attached hydrogens (primary N) is 1. The molecular weight excluding hydrogens is 224 g/mol. The van der Waals surface area contributed by atoms with Gasteiger partial charge in [-0.3, -0.25) is 4.90 Å². The summed E-state index contributed by atoms with van der Waals surface area (Å²) in [6, 6.07) is 10.5.